The molecule has 18 heavy (non-hydrogen) atoms. The lowest BCUT2D eigenvalue weighted by molar-refractivity contribution is 0.1000. The lowest BCUT2D eigenvalue weighted by atomic mass is 10.2. The summed E-state index contributed by atoms with van der Waals surface area (Å²) in [6, 6.07) is 11.9. The van der Waals surface area contributed by atoms with Crippen LogP contribution in [0.25, 0.3) is 0 Å². The van der Waals surface area contributed by atoms with E-state index >= 15 is 0 Å². The first-order valence-corrected chi connectivity index (χ1v) is 5.98. The van der Waals surface area contributed by atoms with Gasteiger partial charge in [0, 0.05) is 11.3 Å². The van der Waals surface area contributed by atoms with E-state index in [1.165, 1.54) is 0 Å². The zero-order valence-electron chi connectivity index (χ0n) is 9.39. The van der Waals surface area contributed by atoms with E-state index in [1.54, 1.807) is 42.5 Å². The number of carbonyl (C=O) groups excluding carboxylic acids is 1. The molecular formula is C13H11BrN2O2. The predicted molar refractivity (Wildman–Crippen MR) is 73.6 cm³/mol. The molecule has 4 N–H and O–H groups in total. The third-order valence-corrected chi connectivity index (χ3v) is 2.92. The maximum absolute atomic E-state index is 11.1. The van der Waals surface area contributed by atoms with Gasteiger partial charge in [-0.15, -0.1) is 0 Å². The SMILES string of the molecule is NC(=O)c1cccc(Oc2ccc(N)cc2Br)c1. The molecule has 2 rings (SSSR count). The van der Waals surface area contributed by atoms with Crippen LogP contribution in [0.1, 0.15) is 10.4 Å². The molecule has 0 spiro atoms. The van der Waals surface area contributed by atoms with Crippen LogP contribution >= 0.6 is 15.9 Å². The van der Waals surface area contributed by atoms with Gasteiger partial charge in [-0.25, -0.2) is 0 Å². The molecule has 0 unspecified atom stereocenters. The number of rotatable bonds is 3. The summed E-state index contributed by atoms with van der Waals surface area (Å²) in [5, 5.41) is 0. The monoisotopic (exact) mass is 306 g/mol. The van der Waals surface area contributed by atoms with Gasteiger partial charge in [0.05, 0.1) is 4.47 Å². The molecule has 0 aliphatic rings. The highest BCUT2D eigenvalue weighted by molar-refractivity contribution is 9.10. The van der Waals surface area contributed by atoms with Gasteiger partial charge in [0.25, 0.3) is 0 Å². The molecule has 0 fully saturated rings. The summed E-state index contributed by atoms with van der Waals surface area (Å²) < 4.78 is 6.39. The van der Waals surface area contributed by atoms with E-state index in [0.29, 0.717) is 22.7 Å². The summed E-state index contributed by atoms with van der Waals surface area (Å²) >= 11 is 3.36. The van der Waals surface area contributed by atoms with Gasteiger partial charge in [0.1, 0.15) is 11.5 Å². The number of hydrogen-bond donors (Lipinski definition) is 2. The van der Waals surface area contributed by atoms with Crippen LogP contribution in [0.3, 0.4) is 0 Å². The minimum Gasteiger partial charge on any atom is -0.456 e. The molecule has 0 heterocycles. The van der Waals surface area contributed by atoms with E-state index in [1.807, 2.05) is 0 Å². The van der Waals surface area contributed by atoms with Crippen LogP contribution in [-0.2, 0) is 0 Å². The Balaban J connectivity index is 2.28. The molecule has 0 aliphatic heterocycles. The summed E-state index contributed by atoms with van der Waals surface area (Å²) in [6.07, 6.45) is 0. The standard InChI is InChI=1S/C13H11BrN2O2/c14-11-7-9(15)4-5-12(11)18-10-3-1-2-8(6-10)13(16)17/h1-7H,15H2,(H2,16,17). The smallest absolute Gasteiger partial charge is 0.248 e. The minimum absolute atomic E-state index is 0.402. The zero-order chi connectivity index (χ0) is 13.1. The molecule has 2 aromatic rings. The topological polar surface area (TPSA) is 78.3 Å². The van der Waals surface area contributed by atoms with Gasteiger partial charge in [0.2, 0.25) is 5.91 Å². The van der Waals surface area contributed by atoms with Gasteiger partial charge in [-0.2, -0.15) is 0 Å². The van der Waals surface area contributed by atoms with Crippen LogP contribution in [-0.4, -0.2) is 5.91 Å². The lowest BCUT2D eigenvalue weighted by Gasteiger charge is -2.08. The minimum atomic E-state index is -0.489. The molecule has 0 atom stereocenters. The number of primary amides is 1. The summed E-state index contributed by atoms with van der Waals surface area (Å²) in [7, 11) is 0. The van der Waals surface area contributed by atoms with E-state index in [2.05, 4.69) is 15.9 Å². The maximum atomic E-state index is 11.1. The Kier molecular flexibility index (Phi) is 3.53. The molecular weight excluding hydrogens is 296 g/mol. The molecule has 0 bridgehead atoms. The fraction of sp³-hybridized carbons (Fsp3) is 0. The Bertz CT molecular complexity index is 599. The van der Waals surface area contributed by atoms with Gasteiger partial charge >= 0.3 is 0 Å². The molecule has 0 radical (unpaired) electrons. The number of benzene rings is 2. The van der Waals surface area contributed by atoms with Gasteiger partial charge in [-0.1, -0.05) is 6.07 Å². The van der Waals surface area contributed by atoms with Gasteiger partial charge in [-0.3, -0.25) is 4.79 Å². The molecule has 5 heteroatoms. The summed E-state index contributed by atoms with van der Waals surface area (Å²) in [5.41, 5.74) is 11.9. The first-order chi connectivity index (χ1) is 8.56. The van der Waals surface area contributed by atoms with Crippen LogP contribution in [0.2, 0.25) is 0 Å². The second-order valence-electron chi connectivity index (χ2n) is 3.68. The number of halogens is 1. The molecule has 0 saturated heterocycles. The van der Waals surface area contributed by atoms with E-state index in [-0.39, 0.29) is 0 Å². The van der Waals surface area contributed by atoms with Crippen molar-refractivity contribution in [2.75, 3.05) is 5.73 Å². The third-order valence-electron chi connectivity index (χ3n) is 2.30. The Morgan fingerprint density at radius 3 is 2.61 bits per heavy atom. The second-order valence-corrected chi connectivity index (χ2v) is 4.54. The maximum Gasteiger partial charge on any atom is 0.248 e. The summed E-state index contributed by atoms with van der Waals surface area (Å²) in [5.74, 6) is 0.666. The van der Waals surface area contributed by atoms with Crippen molar-refractivity contribution in [3.63, 3.8) is 0 Å². The highest BCUT2D eigenvalue weighted by Gasteiger charge is 2.05. The second kappa shape index (κ2) is 5.10. The fourth-order valence-corrected chi connectivity index (χ4v) is 1.92. The fourth-order valence-electron chi connectivity index (χ4n) is 1.44. The van der Waals surface area contributed by atoms with Gasteiger partial charge in [0.15, 0.2) is 0 Å². The zero-order valence-corrected chi connectivity index (χ0v) is 11.0. The van der Waals surface area contributed by atoms with Crippen LogP contribution < -0.4 is 16.2 Å². The Hall–Kier alpha value is -2.01. The van der Waals surface area contributed by atoms with Crippen LogP contribution in [0.4, 0.5) is 5.69 Å². The van der Waals surface area contributed by atoms with Crippen LogP contribution in [0, 0.1) is 0 Å². The molecule has 0 aromatic heterocycles. The Labute approximate surface area is 113 Å². The summed E-state index contributed by atoms with van der Waals surface area (Å²) in [4.78, 5) is 11.1. The Morgan fingerprint density at radius 1 is 1.17 bits per heavy atom. The number of anilines is 1. The normalized spacial score (nSPS) is 10.1. The van der Waals surface area contributed by atoms with Crippen molar-refractivity contribution < 1.29 is 9.53 Å². The van der Waals surface area contributed by atoms with Crippen molar-refractivity contribution in [1.29, 1.82) is 0 Å². The van der Waals surface area contributed by atoms with E-state index in [0.717, 1.165) is 4.47 Å². The number of ether oxygens (including phenoxy) is 1. The number of nitrogen functional groups attached to an aromatic ring is 1. The summed E-state index contributed by atoms with van der Waals surface area (Å²) in [6.45, 7) is 0. The van der Waals surface area contributed by atoms with Gasteiger partial charge < -0.3 is 16.2 Å². The Morgan fingerprint density at radius 2 is 1.94 bits per heavy atom. The van der Waals surface area contributed by atoms with Crippen LogP contribution in [0.15, 0.2) is 46.9 Å². The van der Waals surface area contributed by atoms with Crippen molar-refractivity contribution in [3.05, 3.63) is 52.5 Å². The number of amides is 1. The average molecular weight is 307 g/mol. The van der Waals surface area contributed by atoms with Crippen molar-refractivity contribution >= 4 is 27.5 Å². The lowest BCUT2D eigenvalue weighted by Crippen LogP contribution is -2.10. The van der Waals surface area contributed by atoms with Crippen molar-refractivity contribution in [1.82, 2.24) is 0 Å². The highest BCUT2D eigenvalue weighted by atomic mass is 79.9. The molecule has 1 amide bonds. The molecule has 92 valence electrons. The van der Waals surface area contributed by atoms with E-state index in [9.17, 15) is 4.79 Å². The first-order valence-electron chi connectivity index (χ1n) is 5.19. The van der Waals surface area contributed by atoms with Crippen LogP contribution in [0.5, 0.6) is 11.5 Å². The van der Waals surface area contributed by atoms with Crippen molar-refractivity contribution in [2.45, 2.75) is 0 Å². The average Bonchev–Trinajstić information content (AvgIpc) is 2.33. The number of carbonyl (C=O) groups is 1. The molecule has 2 aromatic carbocycles. The quantitative estimate of drug-likeness (QED) is 0.856. The van der Waals surface area contributed by atoms with Gasteiger partial charge in [-0.05, 0) is 52.3 Å². The molecule has 0 saturated carbocycles. The first kappa shape index (κ1) is 12.4. The van der Waals surface area contributed by atoms with Crippen molar-refractivity contribution in [3.8, 4) is 11.5 Å². The van der Waals surface area contributed by atoms with Crippen molar-refractivity contribution in [2.24, 2.45) is 5.73 Å². The predicted octanol–water partition coefficient (Wildman–Crippen LogP) is 2.92. The number of nitrogens with two attached hydrogens (primary N) is 2. The number of hydrogen-bond acceptors (Lipinski definition) is 3. The molecule has 4 nitrogen and oxygen atoms in total. The van der Waals surface area contributed by atoms with E-state index < -0.39 is 5.91 Å². The molecule has 0 aliphatic carbocycles. The largest absolute Gasteiger partial charge is 0.456 e. The highest BCUT2D eigenvalue weighted by Crippen LogP contribution is 2.31. The third kappa shape index (κ3) is 2.81. The van der Waals surface area contributed by atoms with E-state index in [4.69, 9.17) is 16.2 Å².